The number of carbonyl (C=O) groups is 2. The number of amides is 2. The molecule has 0 radical (unpaired) electrons. The van der Waals surface area contributed by atoms with Crippen molar-refractivity contribution in [3.05, 3.63) is 0 Å². The number of nitrogens with one attached hydrogen (secondary N) is 1. The van der Waals surface area contributed by atoms with Crippen molar-refractivity contribution in [3.63, 3.8) is 0 Å². The fraction of sp³-hybridized carbons (Fsp3) is 0.955. The minimum Gasteiger partial charge on any atom is -0.382 e. The van der Waals surface area contributed by atoms with Crippen molar-refractivity contribution >= 4 is 11.8 Å². The molecule has 0 aliphatic heterocycles. The summed E-state index contributed by atoms with van der Waals surface area (Å²) in [5, 5.41) is 2.95. The van der Waals surface area contributed by atoms with Crippen LogP contribution in [0.1, 0.15) is 201 Å². The first-order valence-corrected chi connectivity index (χ1v) is 22.2. The average molecular weight is 741 g/mol. The van der Waals surface area contributed by atoms with E-state index in [2.05, 4.69) is 19.2 Å². The topological polar surface area (TPSA) is 86.3 Å². The van der Waals surface area contributed by atoms with E-state index in [0.717, 1.165) is 26.1 Å². The Labute approximate surface area is 323 Å². The highest BCUT2D eigenvalue weighted by Gasteiger charge is 2.19. The molecule has 0 saturated heterocycles. The maximum atomic E-state index is 13.2. The molecule has 0 bridgehead atoms. The molecule has 0 aliphatic carbocycles. The van der Waals surface area contributed by atoms with E-state index >= 15 is 0 Å². The monoisotopic (exact) mass is 741 g/mol. The summed E-state index contributed by atoms with van der Waals surface area (Å²) in [6.45, 7) is 13.7. The fourth-order valence-corrected chi connectivity index (χ4v) is 6.45. The SMILES string of the molecule is CCCCCCCCCCCCCCOCCN(CCOCCCCCCCCCCCCCC)C(=O)CCC(=O)NCCC(C)(C)OCCOC. The highest BCUT2D eigenvalue weighted by molar-refractivity contribution is 5.83. The van der Waals surface area contributed by atoms with Crippen LogP contribution in [-0.2, 0) is 28.5 Å². The van der Waals surface area contributed by atoms with Crippen molar-refractivity contribution in [2.24, 2.45) is 0 Å². The predicted octanol–water partition coefficient (Wildman–Crippen LogP) is 11.0. The molecule has 52 heavy (non-hydrogen) atoms. The summed E-state index contributed by atoms with van der Waals surface area (Å²) in [6, 6.07) is 0. The first kappa shape index (κ1) is 50.8. The molecule has 0 atom stereocenters. The zero-order valence-corrected chi connectivity index (χ0v) is 35.4. The lowest BCUT2D eigenvalue weighted by atomic mass is 10.1. The van der Waals surface area contributed by atoms with Gasteiger partial charge in [-0.2, -0.15) is 0 Å². The second kappa shape index (κ2) is 39.5. The minimum absolute atomic E-state index is 0.0127. The van der Waals surface area contributed by atoms with Crippen molar-refractivity contribution in [2.75, 3.05) is 66.4 Å². The van der Waals surface area contributed by atoms with Gasteiger partial charge in [0, 0.05) is 52.8 Å². The minimum atomic E-state index is -0.348. The number of nitrogens with zero attached hydrogens (tertiary/aromatic N) is 1. The van der Waals surface area contributed by atoms with Crippen LogP contribution in [0.15, 0.2) is 0 Å². The van der Waals surface area contributed by atoms with Gasteiger partial charge in [0.15, 0.2) is 0 Å². The van der Waals surface area contributed by atoms with E-state index in [-0.39, 0.29) is 30.3 Å². The third-order valence-corrected chi connectivity index (χ3v) is 10.0. The molecule has 2 amide bonds. The van der Waals surface area contributed by atoms with Crippen molar-refractivity contribution in [1.82, 2.24) is 10.2 Å². The van der Waals surface area contributed by atoms with Crippen LogP contribution in [0.2, 0.25) is 0 Å². The molecule has 0 unspecified atom stereocenters. The maximum Gasteiger partial charge on any atom is 0.223 e. The molecule has 310 valence electrons. The molecule has 8 heteroatoms. The summed E-state index contributed by atoms with van der Waals surface area (Å²) in [6.07, 6.45) is 32.9. The van der Waals surface area contributed by atoms with E-state index in [9.17, 15) is 9.59 Å². The van der Waals surface area contributed by atoms with Crippen LogP contribution in [0, 0.1) is 0 Å². The molecule has 0 aromatic heterocycles. The molecule has 0 saturated carbocycles. The Bertz CT molecular complexity index is 731. The molecule has 0 heterocycles. The number of unbranched alkanes of at least 4 members (excludes halogenated alkanes) is 22. The van der Waals surface area contributed by atoms with Crippen molar-refractivity contribution in [2.45, 2.75) is 207 Å². The van der Waals surface area contributed by atoms with E-state index < -0.39 is 0 Å². The summed E-state index contributed by atoms with van der Waals surface area (Å²) < 4.78 is 22.8. The Morgan fingerprint density at radius 1 is 0.519 bits per heavy atom. The Morgan fingerprint density at radius 3 is 1.33 bits per heavy atom. The summed E-state index contributed by atoms with van der Waals surface area (Å²) in [5.41, 5.74) is -0.348. The Morgan fingerprint density at radius 2 is 0.923 bits per heavy atom. The third kappa shape index (κ3) is 37.1. The fourth-order valence-electron chi connectivity index (χ4n) is 6.45. The van der Waals surface area contributed by atoms with Gasteiger partial charge in [-0.05, 0) is 33.1 Å². The van der Waals surface area contributed by atoms with Gasteiger partial charge >= 0.3 is 0 Å². The molecule has 0 aliphatic rings. The van der Waals surface area contributed by atoms with Crippen molar-refractivity contribution in [1.29, 1.82) is 0 Å². The molecular formula is C44H88N2O6. The standard InChI is InChI=1S/C44H88N2O6/c1-6-8-10-12-14-16-18-20-22-24-26-28-36-50-38-34-46(35-39-51-37-29-27-25-23-21-19-17-15-13-11-9-7-2)43(48)31-30-42(47)45-33-32-44(3,4)52-41-40-49-5/h6-41H2,1-5H3,(H,45,47). The van der Waals surface area contributed by atoms with E-state index in [1.807, 2.05) is 18.7 Å². The zero-order valence-electron chi connectivity index (χ0n) is 35.4. The van der Waals surface area contributed by atoms with Gasteiger partial charge in [-0.15, -0.1) is 0 Å². The third-order valence-electron chi connectivity index (χ3n) is 10.0. The van der Waals surface area contributed by atoms with E-state index in [1.165, 1.54) is 141 Å². The van der Waals surface area contributed by atoms with Crippen molar-refractivity contribution in [3.8, 4) is 0 Å². The van der Waals surface area contributed by atoms with Gasteiger partial charge in [-0.1, -0.05) is 155 Å². The molecule has 0 fully saturated rings. The van der Waals surface area contributed by atoms with Crippen LogP contribution in [0.25, 0.3) is 0 Å². The number of hydrogen-bond donors (Lipinski definition) is 1. The Kier molecular flexibility index (Phi) is 38.5. The van der Waals surface area contributed by atoms with Crippen LogP contribution in [0.4, 0.5) is 0 Å². The lowest BCUT2D eigenvalue weighted by Gasteiger charge is -2.25. The van der Waals surface area contributed by atoms with Crippen LogP contribution in [0.5, 0.6) is 0 Å². The van der Waals surface area contributed by atoms with Gasteiger partial charge in [-0.3, -0.25) is 9.59 Å². The number of carbonyl (C=O) groups excluding carboxylic acids is 2. The second-order valence-electron chi connectivity index (χ2n) is 15.6. The number of methoxy groups -OCH3 is 1. The number of hydrogen-bond acceptors (Lipinski definition) is 6. The Balaban J connectivity index is 4.30. The molecular weight excluding hydrogens is 652 g/mol. The molecule has 0 rings (SSSR count). The van der Waals surface area contributed by atoms with Crippen LogP contribution >= 0.6 is 0 Å². The van der Waals surface area contributed by atoms with Gasteiger partial charge in [0.1, 0.15) is 0 Å². The highest BCUT2D eigenvalue weighted by atomic mass is 16.5. The largest absolute Gasteiger partial charge is 0.382 e. The van der Waals surface area contributed by atoms with E-state index in [0.29, 0.717) is 52.5 Å². The highest BCUT2D eigenvalue weighted by Crippen LogP contribution is 2.15. The summed E-state index contributed by atoms with van der Waals surface area (Å²) >= 11 is 0. The second-order valence-corrected chi connectivity index (χ2v) is 15.6. The van der Waals surface area contributed by atoms with Gasteiger partial charge in [0.05, 0.1) is 32.0 Å². The van der Waals surface area contributed by atoms with Gasteiger partial charge in [-0.25, -0.2) is 0 Å². The molecule has 0 aromatic rings. The van der Waals surface area contributed by atoms with Gasteiger partial charge in [0.25, 0.3) is 0 Å². The van der Waals surface area contributed by atoms with Crippen LogP contribution in [0.3, 0.4) is 0 Å². The summed E-state index contributed by atoms with van der Waals surface area (Å²) in [7, 11) is 1.65. The molecule has 0 spiro atoms. The smallest absolute Gasteiger partial charge is 0.223 e. The van der Waals surface area contributed by atoms with Gasteiger partial charge in [0.2, 0.25) is 11.8 Å². The first-order chi connectivity index (χ1) is 25.4. The zero-order chi connectivity index (χ0) is 38.2. The van der Waals surface area contributed by atoms with Crippen LogP contribution in [-0.4, -0.2) is 88.7 Å². The normalized spacial score (nSPS) is 11.7. The van der Waals surface area contributed by atoms with Crippen LogP contribution < -0.4 is 5.32 Å². The first-order valence-electron chi connectivity index (χ1n) is 22.2. The quantitative estimate of drug-likeness (QED) is 0.0627. The van der Waals surface area contributed by atoms with Crippen molar-refractivity contribution < 1.29 is 28.5 Å². The van der Waals surface area contributed by atoms with E-state index in [4.69, 9.17) is 18.9 Å². The summed E-state index contributed by atoms with van der Waals surface area (Å²) in [4.78, 5) is 27.6. The number of ether oxygens (including phenoxy) is 4. The number of rotatable bonds is 42. The molecule has 1 N–H and O–H groups in total. The van der Waals surface area contributed by atoms with E-state index in [1.54, 1.807) is 7.11 Å². The molecule has 8 nitrogen and oxygen atoms in total. The summed E-state index contributed by atoms with van der Waals surface area (Å²) in [5.74, 6) is -0.117. The maximum absolute atomic E-state index is 13.2. The lowest BCUT2D eigenvalue weighted by Crippen LogP contribution is -2.38. The predicted molar refractivity (Wildman–Crippen MR) is 219 cm³/mol. The Hall–Kier alpha value is -1.22. The van der Waals surface area contributed by atoms with Gasteiger partial charge < -0.3 is 29.2 Å². The average Bonchev–Trinajstić information content (AvgIpc) is 3.12. The molecule has 0 aromatic carbocycles. The lowest BCUT2D eigenvalue weighted by molar-refractivity contribution is -0.135.